The standard InChI is InChI=1S/C34H40ClF2N5O2/c1-23(38-2)29(33(43)39-26-12-14-27(15-13-26)40(3)4)22-42(19-16-24-8-10-25(35)11-9-24)28-17-20-41(21-18-28)34(44)32-30(36)6-5-7-31(32)37/h5-15,28,38H,16-22H2,1-4H3,(H,39,43)/b29-23-. The Morgan fingerprint density at radius 3 is 2.14 bits per heavy atom. The highest BCUT2D eigenvalue weighted by Gasteiger charge is 2.31. The van der Waals surface area contributed by atoms with Crippen LogP contribution in [0.1, 0.15) is 35.7 Å². The molecule has 0 saturated carbocycles. The summed E-state index contributed by atoms with van der Waals surface area (Å²) in [6.07, 6.45) is 1.93. The maximum Gasteiger partial charge on any atom is 0.259 e. The average Bonchev–Trinajstić information content (AvgIpc) is 3.01. The fourth-order valence-electron chi connectivity index (χ4n) is 5.37. The van der Waals surface area contributed by atoms with E-state index < -0.39 is 23.1 Å². The molecule has 0 bridgehead atoms. The number of carbonyl (C=O) groups excluding carboxylic acids is 2. The molecule has 4 rings (SSSR count). The van der Waals surface area contributed by atoms with Gasteiger partial charge in [0.1, 0.15) is 17.2 Å². The van der Waals surface area contributed by atoms with Gasteiger partial charge in [0, 0.05) is 81.0 Å². The van der Waals surface area contributed by atoms with E-state index in [9.17, 15) is 18.4 Å². The molecule has 0 aromatic heterocycles. The van der Waals surface area contributed by atoms with Crippen molar-refractivity contribution >= 4 is 34.8 Å². The summed E-state index contributed by atoms with van der Waals surface area (Å²) < 4.78 is 28.7. The normalized spacial score (nSPS) is 14.3. The van der Waals surface area contributed by atoms with Gasteiger partial charge >= 0.3 is 0 Å². The number of nitrogens with one attached hydrogen (secondary N) is 2. The minimum atomic E-state index is -0.860. The number of hydrogen-bond acceptors (Lipinski definition) is 5. The SMILES string of the molecule is CN/C(C)=C(/CN(CCc1ccc(Cl)cc1)C1CCN(C(=O)c2c(F)cccc2F)CC1)C(=O)Nc1ccc(N(C)C)cc1. The van der Waals surface area contributed by atoms with Crippen molar-refractivity contribution in [3.8, 4) is 0 Å². The molecule has 1 heterocycles. The van der Waals surface area contributed by atoms with E-state index in [2.05, 4.69) is 15.5 Å². The molecule has 44 heavy (non-hydrogen) atoms. The topological polar surface area (TPSA) is 67.9 Å². The number of benzene rings is 3. The van der Waals surface area contributed by atoms with E-state index in [0.717, 1.165) is 35.5 Å². The van der Waals surface area contributed by atoms with E-state index in [1.165, 1.54) is 11.0 Å². The molecule has 0 atom stereocenters. The van der Waals surface area contributed by atoms with Gasteiger partial charge in [-0.15, -0.1) is 0 Å². The highest BCUT2D eigenvalue weighted by Crippen LogP contribution is 2.24. The van der Waals surface area contributed by atoms with Crippen molar-refractivity contribution in [2.75, 3.05) is 57.5 Å². The van der Waals surface area contributed by atoms with Crippen molar-refractivity contribution < 1.29 is 18.4 Å². The van der Waals surface area contributed by atoms with Gasteiger partial charge in [0.05, 0.1) is 0 Å². The van der Waals surface area contributed by atoms with Gasteiger partial charge in [0.2, 0.25) is 0 Å². The fourth-order valence-corrected chi connectivity index (χ4v) is 5.50. The van der Waals surface area contributed by atoms with Gasteiger partial charge in [0.25, 0.3) is 11.8 Å². The van der Waals surface area contributed by atoms with E-state index in [1.807, 2.05) is 74.4 Å². The average molecular weight is 624 g/mol. The summed E-state index contributed by atoms with van der Waals surface area (Å²) in [7, 11) is 5.71. The van der Waals surface area contributed by atoms with Crippen LogP contribution in [0.15, 0.2) is 78.0 Å². The number of halogens is 3. The molecule has 1 fully saturated rings. The van der Waals surface area contributed by atoms with E-state index in [1.54, 1.807) is 7.05 Å². The number of anilines is 2. The molecule has 7 nitrogen and oxygen atoms in total. The minimum Gasteiger partial charge on any atom is -0.391 e. The van der Waals surface area contributed by atoms with Gasteiger partial charge in [-0.25, -0.2) is 8.78 Å². The molecule has 1 saturated heterocycles. The van der Waals surface area contributed by atoms with E-state index >= 15 is 0 Å². The van der Waals surface area contributed by atoms with Crippen molar-refractivity contribution in [2.24, 2.45) is 0 Å². The Hall–Kier alpha value is -3.95. The Kier molecular flexibility index (Phi) is 11.4. The first-order chi connectivity index (χ1) is 21.1. The number of allylic oxidation sites excluding steroid dienone is 1. The Morgan fingerprint density at radius 2 is 1.57 bits per heavy atom. The molecule has 0 aliphatic carbocycles. The Balaban J connectivity index is 1.52. The molecule has 0 radical (unpaired) electrons. The third-order valence-electron chi connectivity index (χ3n) is 8.15. The van der Waals surface area contributed by atoms with Gasteiger partial charge in [-0.3, -0.25) is 14.5 Å². The lowest BCUT2D eigenvalue weighted by atomic mass is 9.99. The first kappa shape index (κ1) is 33.0. The van der Waals surface area contributed by atoms with Crippen LogP contribution >= 0.6 is 11.6 Å². The molecule has 1 aliphatic heterocycles. The van der Waals surface area contributed by atoms with Gasteiger partial charge in [0.15, 0.2) is 0 Å². The third-order valence-corrected chi connectivity index (χ3v) is 8.40. The number of nitrogens with zero attached hydrogens (tertiary/aromatic N) is 3. The van der Waals surface area contributed by atoms with Crippen LogP contribution in [-0.2, 0) is 11.2 Å². The Morgan fingerprint density at radius 1 is 0.955 bits per heavy atom. The quantitative estimate of drug-likeness (QED) is 0.258. The lowest BCUT2D eigenvalue weighted by Crippen LogP contribution is -2.48. The summed E-state index contributed by atoms with van der Waals surface area (Å²) in [6, 6.07) is 18.8. The van der Waals surface area contributed by atoms with E-state index in [-0.39, 0.29) is 11.9 Å². The van der Waals surface area contributed by atoms with Crippen LogP contribution in [0.3, 0.4) is 0 Å². The summed E-state index contributed by atoms with van der Waals surface area (Å²) in [5, 5.41) is 6.85. The van der Waals surface area contributed by atoms with Gasteiger partial charge in [-0.1, -0.05) is 29.8 Å². The number of amides is 2. The highest BCUT2D eigenvalue weighted by molar-refractivity contribution is 6.30. The summed E-state index contributed by atoms with van der Waals surface area (Å²) in [6.45, 7) is 3.62. The van der Waals surface area contributed by atoms with Crippen LogP contribution in [0.25, 0.3) is 0 Å². The second-order valence-corrected chi connectivity index (χ2v) is 11.7. The lowest BCUT2D eigenvalue weighted by Gasteiger charge is -2.39. The molecular weight excluding hydrogens is 584 g/mol. The molecule has 2 amide bonds. The van der Waals surface area contributed by atoms with E-state index in [0.29, 0.717) is 55.3 Å². The van der Waals surface area contributed by atoms with Crippen LogP contribution < -0.4 is 15.5 Å². The molecule has 10 heteroatoms. The van der Waals surface area contributed by atoms with Crippen LogP contribution in [0.2, 0.25) is 5.02 Å². The van der Waals surface area contributed by atoms with Crippen molar-refractivity contribution in [3.05, 3.63) is 106 Å². The van der Waals surface area contributed by atoms with Gasteiger partial charge in [-0.05, 0) is 80.3 Å². The van der Waals surface area contributed by atoms with Crippen LogP contribution in [0.5, 0.6) is 0 Å². The maximum atomic E-state index is 14.3. The minimum absolute atomic E-state index is 0.0450. The molecule has 0 unspecified atom stereocenters. The van der Waals surface area contributed by atoms with Crippen molar-refractivity contribution in [1.82, 2.24) is 15.1 Å². The molecule has 1 aliphatic rings. The molecular formula is C34H40ClF2N5O2. The molecule has 3 aromatic carbocycles. The van der Waals surface area contributed by atoms with Crippen molar-refractivity contribution in [3.63, 3.8) is 0 Å². The molecule has 3 aromatic rings. The number of hydrogen-bond donors (Lipinski definition) is 2. The zero-order chi connectivity index (χ0) is 31.8. The van der Waals surface area contributed by atoms with E-state index in [4.69, 9.17) is 11.6 Å². The lowest BCUT2D eigenvalue weighted by molar-refractivity contribution is -0.113. The highest BCUT2D eigenvalue weighted by atomic mass is 35.5. The van der Waals surface area contributed by atoms with Crippen molar-refractivity contribution in [1.29, 1.82) is 0 Å². The first-order valence-electron chi connectivity index (χ1n) is 14.8. The zero-order valence-electron chi connectivity index (χ0n) is 25.7. The fraction of sp³-hybridized carbons (Fsp3) is 0.353. The summed E-state index contributed by atoms with van der Waals surface area (Å²) in [4.78, 5) is 32.4. The maximum absolute atomic E-state index is 14.3. The number of likely N-dealkylation sites (tertiary alicyclic amines) is 1. The predicted molar refractivity (Wildman–Crippen MR) is 173 cm³/mol. The number of rotatable bonds is 11. The second kappa shape index (κ2) is 15.2. The molecule has 0 spiro atoms. The number of piperidine rings is 1. The van der Waals surface area contributed by atoms with Gasteiger partial charge in [-0.2, -0.15) is 0 Å². The first-order valence-corrected chi connectivity index (χ1v) is 15.1. The zero-order valence-corrected chi connectivity index (χ0v) is 26.4. The van der Waals surface area contributed by atoms with Gasteiger partial charge < -0.3 is 20.4 Å². The second-order valence-electron chi connectivity index (χ2n) is 11.2. The molecule has 2 N–H and O–H groups in total. The molecule has 234 valence electrons. The van der Waals surface area contributed by atoms with Crippen LogP contribution in [-0.4, -0.2) is 75.0 Å². The smallest absolute Gasteiger partial charge is 0.259 e. The predicted octanol–water partition coefficient (Wildman–Crippen LogP) is 5.97. The van der Waals surface area contributed by atoms with Crippen LogP contribution in [0.4, 0.5) is 20.2 Å². The monoisotopic (exact) mass is 623 g/mol. The number of carbonyl (C=O) groups is 2. The summed E-state index contributed by atoms with van der Waals surface area (Å²) in [5.74, 6) is -2.56. The van der Waals surface area contributed by atoms with Crippen molar-refractivity contribution in [2.45, 2.75) is 32.2 Å². The third kappa shape index (κ3) is 8.36. The largest absolute Gasteiger partial charge is 0.391 e. The summed E-state index contributed by atoms with van der Waals surface area (Å²) in [5.41, 5.74) is 3.68. The summed E-state index contributed by atoms with van der Waals surface area (Å²) >= 11 is 6.09. The Bertz CT molecular complexity index is 1450. The van der Waals surface area contributed by atoms with Crippen LogP contribution in [0, 0.1) is 11.6 Å². The Labute approximate surface area is 263 Å².